The van der Waals surface area contributed by atoms with Crippen molar-refractivity contribution in [2.75, 3.05) is 44.8 Å². The molecule has 2 aromatic carbocycles. The number of nitro groups is 1. The van der Waals surface area contributed by atoms with E-state index in [1.807, 2.05) is 4.90 Å². The van der Waals surface area contributed by atoms with E-state index in [2.05, 4.69) is 0 Å². The van der Waals surface area contributed by atoms with E-state index in [0.29, 0.717) is 43.2 Å². The minimum atomic E-state index is -0.598. The number of piperazine rings is 1. The molecular weight excluding hydrogens is 390 g/mol. The zero-order valence-electron chi connectivity index (χ0n) is 16.9. The summed E-state index contributed by atoms with van der Waals surface area (Å²) in [7, 11) is 1.52. The lowest BCUT2D eigenvalue weighted by molar-refractivity contribution is -0.384. The Kier molecular flexibility index (Phi) is 6.51. The quantitative estimate of drug-likeness (QED) is 0.408. The predicted molar refractivity (Wildman–Crippen MR) is 110 cm³/mol. The fourth-order valence-corrected chi connectivity index (χ4v) is 3.42. The Hall–Kier alpha value is -3.62. The minimum Gasteiger partial charge on any atom is -0.496 e. The van der Waals surface area contributed by atoms with Crippen molar-refractivity contribution in [2.24, 2.45) is 0 Å². The van der Waals surface area contributed by atoms with Gasteiger partial charge in [0.2, 0.25) is 0 Å². The summed E-state index contributed by atoms with van der Waals surface area (Å²) in [6.45, 7) is 3.55. The second kappa shape index (κ2) is 9.25. The number of benzene rings is 2. The number of anilines is 1. The van der Waals surface area contributed by atoms with Crippen molar-refractivity contribution in [3.63, 3.8) is 0 Å². The third kappa shape index (κ3) is 4.35. The van der Waals surface area contributed by atoms with E-state index in [0.717, 1.165) is 0 Å². The molecule has 1 saturated heterocycles. The highest BCUT2D eigenvalue weighted by Crippen LogP contribution is 2.31. The first-order valence-electron chi connectivity index (χ1n) is 9.59. The average molecular weight is 413 g/mol. The molecule has 0 saturated carbocycles. The van der Waals surface area contributed by atoms with Gasteiger partial charge in [-0.05, 0) is 31.2 Å². The lowest BCUT2D eigenvalue weighted by Gasteiger charge is -2.36. The Balaban J connectivity index is 1.75. The number of nitro benzene ring substituents is 1. The molecule has 0 aliphatic carbocycles. The van der Waals surface area contributed by atoms with Crippen LogP contribution in [0.15, 0.2) is 42.5 Å². The number of carbonyl (C=O) groups excluding carboxylic acids is 2. The number of hydrogen-bond donors (Lipinski definition) is 0. The Labute approximate surface area is 173 Å². The summed E-state index contributed by atoms with van der Waals surface area (Å²) in [5.74, 6) is -0.228. The van der Waals surface area contributed by atoms with Gasteiger partial charge in [-0.3, -0.25) is 14.9 Å². The highest BCUT2D eigenvalue weighted by molar-refractivity contribution is 5.97. The number of amides is 1. The second-order valence-corrected chi connectivity index (χ2v) is 6.66. The molecule has 0 aromatic heterocycles. The van der Waals surface area contributed by atoms with E-state index in [9.17, 15) is 19.7 Å². The Bertz CT molecular complexity index is 954. The fraction of sp³-hybridized carbons (Fsp3) is 0.333. The van der Waals surface area contributed by atoms with Gasteiger partial charge in [-0.25, -0.2) is 4.79 Å². The van der Waals surface area contributed by atoms with Crippen LogP contribution >= 0.6 is 0 Å². The van der Waals surface area contributed by atoms with Crippen LogP contribution in [0.2, 0.25) is 0 Å². The maximum absolute atomic E-state index is 12.8. The molecule has 0 spiro atoms. The van der Waals surface area contributed by atoms with Crippen LogP contribution in [0.3, 0.4) is 0 Å². The van der Waals surface area contributed by atoms with Crippen molar-refractivity contribution in [3.8, 4) is 5.75 Å². The molecule has 0 radical (unpaired) electrons. The van der Waals surface area contributed by atoms with Gasteiger partial charge in [0, 0.05) is 32.2 Å². The number of para-hydroxylation sites is 1. The van der Waals surface area contributed by atoms with E-state index < -0.39 is 10.9 Å². The van der Waals surface area contributed by atoms with E-state index in [1.165, 1.54) is 19.2 Å². The molecule has 1 aliphatic rings. The number of nitrogens with zero attached hydrogens (tertiary/aromatic N) is 3. The first-order chi connectivity index (χ1) is 14.5. The summed E-state index contributed by atoms with van der Waals surface area (Å²) in [6, 6.07) is 11.3. The van der Waals surface area contributed by atoms with Crippen LogP contribution in [0, 0.1) is 10.1 Å². The molecule has 9 nitrogen and oxygen atoms in total. The van der Waals surface area contributed by atoms with E-state index in [-0.39, 0.29) is 23.8 Å². The van der Waals surface area contributed by atoms with Crippen LogP contribution in [0.1, 0.15) is 27.6 Å². The minimum absolute atomic E-state index is 0.136. The summed E-state index contributed by atoms with van der Waals surface area (Å²) >= 11 is 0. The number of hydrogen-bond acceptors (Lipinski definition) is 7. The Morgan fingerprint density at radius 1 is 1.10 bits per heavy atom. The molecule has 1 fully saturated rings. The van der Waals surface area contributed by atoms with Gasteiger partial charge in [-0.1, -0.05) is 12.1 Å². The highest BCUT2D eigenvalue weighted by Gasteiger charge is 2.28. The topological polar surface area (TPSA) is 102 Å². The molecule has 9 heteroatoms. The monoisotopic (exact) mass is 413 g/mol. The number of methoxy groups -OCH3 is 1. The van der Waals surface area contributed by atoms with Gasteiger partial charge in [-0.2, -0.15) is 0 Å². The number of ether oxygens (including phenoxy) is 2. The number of carbonyl (C=O) groups is 2. The smallest absolute Gasteiger partial charge is 0.338 e. The van der Waals surface area contributed by atoms with Crippen molar-refractivity contribution in [2.45, 2.75) is 6.92 Å². The second-order valence-electron chi connectivity index (χ2n) is 6.66. The molecule has 0 bridgehead atoms. The van der Waals surface area contributed by atoms with Gasteiger partial charge in [-0.15, -0.1) is 0 Å². The summed E-state index contributed by atoms with van der Waals surface area (Å²) in [4.78, 5) is 39.4. The third-order valence-corrected chi connectivity index (χ3v) is 4.93. The summed E-state index contributed by atoms with van der Waals surface area (Å²) in [6.07, 6.45) is 0. The molecule has 158 valence electrons. The van der Waals surface area contributed by atoms with Crippen molar-refractivity contribution in [3.05, 3.63) is 63.7 Å². The van der Waals surface area contributed by atoms with Crippen LogP contribution in [-0.2, 0) is 4.74 Å². The summed E-state index contributed by atoms with van der Waals surface area (Å²) in [5, 5.41) is 11.6. The highest BCUT2D eigenvalue weighted by atomic mass is 16.6. The van der Waals surface area contributed by atoms with Crippen LogP contribution in [0.5, 0.6) is 5.75 Å². The normalized spacial score (nSPS) is 13.7. The molecule has 1 amide bonds. The largest absolute Gasteiger partial charge is 0.496 e. The Morgan fingerprint density at radius 2 is 1.80 bits per heavy atom. The van der Waals surface area contributed by atoms with Gasteiger partial charge < -0.3 is 19.3 Å². The SMILES string of the molecule is CCOC(=O)c1ccc(N2CCN(C(=O)c3ccccc3OC)CC2)c([N+](=O)[O-])c1. The van der Waals surface area contributed by atoms with Gasteiger partial charge in [0.15, 0.2) is 0 Å². The lowest BCUT2D eigenvalue weighted by atomic mass is 10.1. The van der Waals surface area contributed by atoms with E-state index in [1.54, 1.807) is 42.2 Å². The molecule has 3 rings (SSSR count). The van der Waals surface area contributed by atoms with Crippen molar-refractivity contribution < 1.29 is 24.0 Å². The fourth-order valence-electron chi connectivity index (χ4n) is 3.42. The summed E-state index contributed by atoms with van der Waals surface area (Å²) < 4.78 is 10.2. The molecule has 0 unspecified atom stereocenters. The first-order valence-corrected chi connectivity index (χ1v) is 9.59. The molecule has 0 N–H and O–H groups in total. The van der Waals surface area contributed by atoms with E-state index >= 15 is 0 Å². The zero-order chi connectivity index (χ0) is 21.7. The van der Waals surface area contributed by atoms with Crippen LogP contribution < -0.4 is 9.64 Å². The molecular formula is C21H23N3O6. The molecule has 1 heterocycles. The van der Waals surface area contributed by atoms with Gasteiger partial charge in [0.1, 0.15) is 11.4 Å². The van der Waals surface area contributed by atoms with Crippen LogP contribution in [0.25, 0.3) is 0 Å². The molecule has 30 heavy (non-hydrogen) atoms. The maximum atomic E-state index is 12.8. The van der Waals surface area contributed by atoms with Crippen LogP contribution in [0.4, 0.5) is 11.4 Å². The van der Waals surface area contributed by atoms with Crippen LogP contribution in [-0.4, -0.2) is 61.6 Å². The number of esters is 1. The lowest BCUT2D eigenvalue weighted by Crippen LogP contribution is -2.49. The predicted octanol–water partition coefficient (Wildman–Crippen LogP) is 2.74. The Morgan fingerprint density at radius 3 is 2.43 bits per heavy atom. The van der Waals surface area contributed by atoms with Gasteiger partial charge >= 0.3 is 5.97 Å². The third-order valence-electron chi connectivity index (χ3n) is 4.93. The maximum Gasteiger partial charge on any atom is 0.338 e. The molecule has 0 atom stereocenters. The zero-order valence-corrected chi connectivity index (χ0v) is 16.9. The molecule has 1 aliphatic heterocycles. The molecule has 2 aromatic rings. The summed E-state index contributed by atoms with van der Waals surface area (Å²) in [5.41, 5.74) is 0.873. The van der Waals surface area contributed by atoms with Crippen molar-refractivity contribution in [1.29, 1.82) is 0 Å². The number of rotatable bonds is 6. The van der Waals surface area contributed by atoms with Gasteiger partial charge in [0.25, 0.3) is 11.6 Å². The van der Waals surface area contributed by atoms with Crippen molar-refractivity contribution >= 4 is 23.3 Å². The standard InChI is InChI=1S/C21H23N3O6/c1-3-30-21(26)15-8-9-17(18(14-15)24(27)28)22-10-12-23(13-11-22)20(25)16-6-4-5-7-19(16)29-2/h4-9,14H,3,10-13H2,1-2H3. The van der Waals surface area contributed by atoms with Gasteiger partial charge in [0.05, 0.1) is 29.8 Å². The average Bonchev–Trinajstić information content (AvgIpc) is 2.78. The van der Waals surface area contributed by atoms with Crippen molar-refractivity contribution in [1.82, 2.24) is 4.90 Å². The van der Waals surface area contributed by atoms with E-state index in [4.69, 9.17) is 9.47 Å². The first kappa shape index (κ1) is 21.1.